The zero-order chi connectivity index (χ0) is 21.1. The molecular formula is C25H22BrN2O2+. The van der Waals surface area contributed by atoms with Crippen LogP contribution >= 0.6 is 15.9 Å². The van der Waals surface area contributed by atoms with Gasteiger partial charge >= 0.3 is 5.97 Å². The Morgan fingerprint density at radius 2 is 1.77 bits per heavy atom. The molecule has 2 N–H and O–H groups in total. The van der Waals surface area contributed by atoms with Crippen LogP contribution in [-0.2, 0) is 11.3 Å². The van der Waals surface area contributed by atoms with Gasteiger partial charge in [-0.15, -0.1) is 0 Å². The van der Waals surface area contributed by atoms with Gasteiger partial charge in [0.1, 0.15) is 12.2 Å². The summed E-state index contributed by atoms with van der Waals surface area (Å²) < 4.78 is 8.19. The van der Waals surface area contributed by atoms with E-state index in [1.807, 2.05) is 36.4 Å². The Morgan fingerprint density at radius 1 is 1.07 bits per heavy atom. The summed E-state index contributed by atoms with van der Waals surface area (Å²) >= 11 is 3.48. The first-order valence-electron chi connectivity index (χ1n) is 9.80. The van der Waals surface area contributed by atoms with Gasteiger partial charge in [0.15, 0.2) is 0 Å². The average Bonchev–Trinajstić information content (AvgIpc) is 2.77. The van der Waals surface area contributed by atoms with E-state index in [9.17, 15) is 4.79 Å². The van der Waals surface area contributed by atoms with Crippen LogP contribution in [0.5, 0.6) is 0 Å². The van der Waals surface area contributed by atoms with Crippen molar-refractivity contribution in [2.45, 2.75) is 13.5 Å². The van der Waals surface area contributed by atoms with E-state index in [1.165, 1.54) is 5.56 Å². The maximum absolute atomic E-state index is 12.0. The third-order valence-corrected chi connectivity index (χ3v) is 5.60. The van der Waals surface area contributed by atoms with Gasteiger partial charge < -0.3 is 4.74 Å². The van der Waals surface area contributed by atoms with Crippen molar-refractivity contribution in [2.24, 2.45) is 5.73 Å². The zero-order valence-corrected chi connectivity index (χ0v) is 18.2. The fourth-order valence-electron chi connectivity index (χ4n) is 3.56. The van der Waals surface area contributed by atoms with Crippen LogP contribution in [0.15, 0.2) is 77.3 Å². The van der Waals surface area contributed by atoms with E-state index in [0.717, 1.165) is 26.9 Å². The standard InChI is InChI=1S/C25H21BrN2O2/c1-2-30-25(29)18-9-13-21(14-10-18)28-16-19-5-3-4-6-22(19)23(24(28)27)15-17-7-11-20(26)12-8-17/h3-15,27H,2,16H2,1H3/p+1. The number of carbonyl (C=O) groups excluding carboxylic acids is 1. The van der Waals surface area contributed by atoms with Crippen molar-refractivity contribution in [1.29, 1.82) is 0 Å². The monoisotopic (exact) mass is 461 g/mol. The predicted molar refractivity (Wildman–Crippen MR) is 124 cm³/mol. The molecule has 0 aromatic heterocycles. The second kappa shape index (κ2) is 8.67. The molecule has 0 unspecified atom stereocenters. The molecule has 150 valence electrons. The van der Waals surface area contributed by atoms with Gasteiger partial charge in [-0.3, -0.25) is 5.73 Å². The number of fused-ring (bicyclic) bond motifs is 1. The molecule has 0 spiro atoms. The SMILES string of the molecule is CCOC(=O)c1ccc([N+]2=C(N)C(=Cc3ccc(Br)cc3)c3ccccc3C2)cc1. The molecule has 0 fully saturated rings. The summed E-state index contributed by atoms with van der Waals surface area (Å²) in [4.78, 5) is 12.0. The van der Waals surface area contributed by atoms with E-state index in [1.54, 1.807) is 19.1 Å². The largest absolute Gasteiger partial charge is 0.462 e. The molecule has 30 heavy (non-hydrogen) atoms. The summed E-state index contributed by atoms with van der Waals surface area (Å²) in [6.45, 7) is 2.82. The van der Waals surface area contributed by atoms with Crippen LogP contribution < -0.4 is 5.73 Å². The molecule has 0 atom stereocenters. The molecule has 3 aromatic rings. The highest BCUT2D eigenvalue weighted by atomic mass is 79.9. The summed E-state index contributed by atoms with van der Waals surface area (Å²) in [5, 5.41) is 0. The summed E-state index contributed by atoms with van der Waals surface area (Å²) in [6, 6.07) is 23.8. The van der Waals surface area contributed by atoms with Crippen molar-refractivity contribution in [3.63, 3.8) is 0 Å². The Morgan fingerprint density at radius 3 is 2.47 bits per heavy atom. The number of rotatable bonds is 4. The molecule has 4 nitrogen and oxygen atoms in total. The highest BCUT2D eigenvalue weighted by molar-refractivity contribution is 9.10. The number of ether oxygens (including phenoxy) is 1. The van der Waals surface area contributed by atoms with Crippen molar-refractivity contribution in [3.8, 4) is 0 Å². The van der Waals surface area contributed by atoms with Crippen LogP contribution in [0.3, 0.4) is 0 Å². The highest BCUT2D eigenvalue weighted by Gasteiger charge is 2.26. The first kappa shape index (κ1) is 20.1. The average molecular weight is 462 g/mol. The maximum Gasteiger partial charge on any atom is 0.338 e. The lowest BCUT2D eigenvalue weighted by Crippen LogP contribution is -2.30. The van der Waals surface area contributed by atoms with Crippen LogP contribution in [-0.4, -0.2) is 23.0 Å². The zero-order valence-electron chi connectivity index (χ0n) is 16.6. The molecule has 1 aliphatic heterocycles. The normalized spacial score (nSPS) is 14.5. The molecule has 1 aliphatic rings. The topological polar surface area (TPSA) is 55.3 Å². The number of benzene rings is 3. The van der Waals surface area contributed by atoms with Gasteiger partial charge in [-0.05, 0) is 60.5 Å². The number of hydrogen-bond acceptors (Lipinski definition) is 3. The van der Waals surface area contributed by atoms with Crippen molar-refractivity contribution < 1.29 is 14.1 Å². The fraction of sp³-hybridized carbons (Fsp3) is 0.120. The maximum atomic E-state index is 12.0. The molecule has 4 rings (SSSR count). The molecule has 0 radical (unpaired) electrons. The summed E-state index contributed by atoms with van der Waals surface area (Å²) in [5.74, 6) is 0.362. The summed E-state index contributed by atoms with van der Waals surface area (Å²) in [5.41, 5.74) is 12.5. The minimum atomic E-state index is -0.319. The van der Waals surface area contributed by atoms with Gasteiger partial charge in [-0.25, -0.2) is 9.37 Å². The van der Waals surface area contributed by atoms with Gasteiger partial charge in [0.05, 0.1) is 17.7 Å². The van der Waals surface area contributed by atoms with E-state index in [2.05, 4.69) is 50.8 Å². The lowest BCUT2D eigenvalue weighted by Gasteiger charge is -2.20. The minimum absolute atomic E-state index is 0.319. The third kappa shape index (κ3) is 4.07. The second-order valence-corrected chi connectivity index (χ2v) is 7.92. The molecule has 0 aliphatic carbocycles. The Balaban J connectivity index is 1.78. The van der Waals surface area contributed by atoms with Crippen LogP contribution in [0.2, 0.25) is 0 Å². The van der Waals surface area contributed by atoms with E-state index < -0.39 is 0 Å². The van der Waals surface area contributed by atoms with Gasteiger partial charge in [0.25, 0.3) is 5.84 Å². The Bertz CT molecular complexity index is 1150. The van der Waals surface area contributed by atoms with Crippen molar-refractivity contribution in [1.82, 2.24) is 0 Å². The number of halogens is 1. The first-order valence-corrected chi connectivity index (χ1v) is 10.6. The molecule has 0 amide bonds. The molecule has 0 saturated carbocycles. The van der Waals surface area contributed by atoms with Crippen molar-refractivity contribution in [2.75, 3.05) is 6.61 Å². The number of esters is 1. The molecule has 5 heteroatoms. The number of nitrogens with zero attached hydrogens (tertiary/aromatic N) is 1. The van der Waals surface area contributed by atoms with E-state index in [4.69, 9.17) is 10.5 Å². The van der Waals surface area contributed by atoms with Gasteiger partial charge in [0.2, 0.25) is 0 Å². The Kier molecular flexibility index (Phi) is 5.81. The fourth-order valence-corrected chi connectivity index (χ4v) is 3.82. The molecule has 0 bridgehead atoms. The summed E-state index contributed by atoms with van der Waals surface area (Å²) in [6.07, 6.45) is 2.11. The highest BCUT2D eigenvalue weighted by Crippen LogP contribution is 2.30. The van der Waals surface area contributed by atoms with Gasteiger partial charge in [0, 0.05) is 10.0 Å². The van der Waals surface area contributed by atoms with Crippen LogP contribution in [0.25, 0.3) is 11.6 Å². The van der Waals surface area contributed by atoms with Crippen molar-refractivity contribution in [3.05, 3.63) is 99.5 Å². The third-order valence-electron chi connectivity index (χ3n) is 5.07. The lowest BCUT2D eigenvalue weighted by atomic mass is 9.93. The molecular weight excluding hydrogens is 440 g/mol. The number of amidine groups is 1. The van der Waals surface area contributed by atoms with Gasteiger partial charge in [-0.2, -0.15) is 0 Å². The molecule has 1 heterocycles. The minimum Gasteiger partial charge on any atom is -0.462 e. The van der Waals surface area contributed by atoms with Crippen LogP contribution in [0.1, 0.15) is 34.0 Å². The Hall–Kier alpha value is -3.18. The number of nitrogens with two attached hydrogens (primary N) is 1. The molecule has 3 aromatic carbocycles. The van der Waals surface area contributed by atoms with E-state index in [0.29, 0.717) is 24.6 Å². The number of hydrogen-bond donors (Lipinski definition) is 1. The van der Waals surface area contributed by atoms with Crippen LogP contribution in [0, 0.1) is 0 Å². The van der Waals surface area contributed by atoms with E-state index >= 15 is 0 Å². The summed E-state index contributed by atoms with van der Waals surface area (Å²) in [7, 11) is 0. The van der Waals surface area contributed by atoms with Gasteiger partial charge in [-0.1, -0.05) is 52.3 Å². The Labute approximate surface area is 184 Å². The first-order chi connectivity index (χ1) is 14.6. The predicted octanol–water partition coefficient (Wildman–Crippen LogP) is 5.38. The smallest absolute Gasteiger partial charge is 0.338 e. The number of carbonyl (C=O) groups is 1. The van der Waals surface area contributed by atoms with E-state index in [-0.39, 0.29) is 5.97 Å². The van der Waals surface area contributed by atoms with Crippen LogP contribution in [0.4, 0.5) is 5.69 Å². The second-order valence-electron chi connectivity index (χ2n) is 7.01. The molecule has 0 saturated heterocycles. The van der Waals surface area contributed by atoms with Crippen molar-refractivity contribution >= 4 is 45.1 Å². The lowest BCUT2D eigenvalue weighted by molar-refractivity contribution is -0.458. The quantitative estimate of drug-likeness (QED) is 0.418.